The van der Waals surface area contributed by atoms with Gasteiger partial charge in [0, 0.05) is 6.54 Å². The lowest BCUT2D eigenvalue weighted by Crippen LogP contribution is -2.39. The summed E-state index contributed by atoms with van der Waals surface area (Å²) in [6.45, 7) is 2.18. The summed E-state index contributed by atoms with van der Waals surface area (Å²) in [5, 5.41) is 7.21. The van der Waals surface area contributed by atoms with Crippen molar-refractivity contribution in [2.45, 2.75) is 19.9 Å². The van der Waals surface area contributed by atoms with E-state index in [2.05, 4.69) is 20.2 Å². The van der Waals surface area contributed by atoms with Crippen molar-refractivity contribution in [3.05, 3.63) is 33.6 Å². The van der Waals surface area contributed by atoms with E-state index in [0.717, 1.165) is 15.5 Å². The highest BCUT2D eigenvalue weighted by atomic mass is 16.4. The van der Waals surface area contributed by atoms with Gasteiger partial charge in [0.25, 0.3) is 5.56 Å². The van der Waals surface area contributed by atoms with Gasteiger partial charge in [-0.25, -0.2) is 9.78 Å². The number of aromatic amines is 1. The smallest absolute Gasteiger partial charge is 0.341 e. The highest BCUT2D eigenvalue weighted by Crippen LogP contribution is 2.07. The van der Waals surface area contributed by atoms with Gasteiger partial charge in [0.15, 0.2) is 5.65 Å². The predicted octanol–water partition coefficient (Wildman–Crippen LogP) is -0.332. The quantitative estimate of drug-likeness (QED) is 0.691. The van der Waals surface area contributed by atoms with Gasteiger partial charge in [-0.3, -0.25) is 9.36 Å². The average Bonchev–Trinajstić information content (AvgIpc) is 3.05. The second-order valence-corrected chi connectivity index (χ2v) is 3.90. The Kier molecular flexibility index (Phi) is 2.51. The zero-order valence-corrected chi connectivity index (χ0v) is 10.0. The van der Waals surface area contributed by atoms with Crippen molar-refractivity contribution < 1.29 is 4.42 Å². The zero-order chi connectivity index (χ0) is 13.4. The van der Waals surface area contributed by atoms with Crippen molar-refractivity contribution in [2.75, 3.05) is 0 Å². The summed E-state index contributed by atoms with van der Waals surface area (Å²) in [6, 6.07) is -0.0213. The van der Waals surface area contributed by atoms with E-state index in [-0.39, 0.29) is 17.2 Å². The molecular weight excluding hydrogens is 252 g/mol. The molecule has 1 N–H and O–H groups in total. The van der Waals surface area contributed by atoms with Crippen molar-refractivity contribution in [1.82, 2.24) is 29.3 Å². The molecule has 98 valence electrons. The molecule has 0 saturated heterocycles. The number of rotatable bonds is 3. The molecule has 0 amide bonds. The Balaban J connectivity index is 2.47. The lowest BCUT2D eigenvalue weighted by molar-refractivity contribution is 0.506. The van der Waals surface area contributed by atoms with Crippen LogP contribution in [0.1, 0.15) is 13.3 Å². The SMILES string of the molecule is CCCn1c(=O)c2[nH]cnc2n(-c2nnco2)c1=O. The minimum Gasteiger partial charge on any atom is -0.410 e. The molecule has 3 heterocycles. The molecule has 9 nitrogen and oxygen atoms in total. The van der Waals surface area contributed by atoms with E-state index >= 15 is 0 Å². The molecule has 3 aromatic rings. The van der Waals surface area contributed by atoms with Gasteiger partial charge in [0.1, 0.15) is 5.52 Å². The van der Waals surface area contributed by atoms with Crippen molar-refractivity contribution in [3.63, 3.8) is 0 Å². The lowest BCUT2D eigenvalue weighted by atomic mass is 10.4. The predicted molar refractivity (Wildman–Crippen MR) is 64.1 cm³/mol. The van der Waals surface area contributed by atoms with Gasteiger partial charge < -0.3 is 9.40 Å². The van der Waals surface area contributed by atoms with E-state index in [1.54, 1.807) is 0 Å². The number of hydrogen-bond acceptors (Lipinski definition) is 6. The molecule has 0 aromatic carbocycles. The highest BCUT2D eigenvalue weighted by molar-refractivity contribution is 5.70. The first-order valence-corrected chi connectivity index (χ1v) is 5.69. The first kappa shape index (κ1) is 11.4. The minimum absolute atomic E-state index is 0.0213. The first-order valence-electron chi connectivity index (χ1n) is 5.69. The number of imidazole rings is 1. The number of nitrogens with zero attached hydrogens (tertiary/aromatic N) is 5. The molecule has 0 aliphatic rings. The van der Waals surface area contributed by atoms with E-state index in [9.17, 15) is 9.59 Å². The molecule has 9 heteroatoms. The molecule has 0 saturated carbocycles. The van der Waals surface area contributed by atoms with Crippen LogP contribution in [-0.2, 0) is 6.54 Å². The maximum absolute atomic E-state index is 12.3. The standard InChI is InChI=1S/C10H10N6O3/c1-2-3-15-8(17)6-7(12-4-11-6)16(10(15)18)9-14-13-5-19-9/h4-5H,2-3H2,1H3,(H,11,12). The number of H-pyrrole nitrogens is 1. The van der Waals surface area contributed by atoms with E-state index < -0.39 is 11.2 Å². The van der Waals surface area contributed by atoms with Crippen LogP contribution >= 0.6 is 0 Å². The van der Waals surface area contributed by atoms with Crippen molar-refractivity contribution in [1.29, 1.82) is 0 Å². The second-order valence-electron chi connectivity index (χ2n) is 3.90. The van der Waals surface area contributed by atoms with Crippen molar-refractivity contribution in [2.24, 2.45) is 0 Å². The Morgan fingerprint density at radius 2 is 2.26 bits per heavy atom. The molecule has 0 aliphatic carbocycles. The Morgan fingerprint density at radius 3 is 2.95 bits per heavy atom. The fourth-order valence-electron chi connectivity index (χ4n) is 1.90. The summed E-state index contributed by atoms with van der Waals surface area (Å²) in [5.74, 6) is 0. The van der Waals surface area contributed by atoms with Crippen molar-refractivity contribution in [3.8, 4) is 6.01 Å². The molecular formula is C10H10N6O3. The van der Waals surface area contributed by atoms with Crippen LogP contribution in [0.15, 0.2) is 26.7 Å². The summed E-state index contributed by atoms with van der Waals surface area (Å²) >= 11 is 0. The van der Waals surface area contributed by atoms with Gasteiger partial charge in [0.2, 0.25) is 6.39 Å². The third-order valence-electron chi connectivity index (χ3n) is 2.70. The van der Waals surface area contributed by atoms with Crippen LogP contribution in [0.5, 0.6) is 0 Å². The van der Waals surface area contributed by atoms with Gasteiger partial charge in [-0.15, -0.1) is 5.10 Å². The van der Waals surface area contributed by atoms with Gasteiger partial charge in [0.05, 0.1) is 6.33 Å². The fraction of sp³-hybridized carbons (Fsp3) is 0.300. The number of hydrogen-bond donors (Lipinski definition) is 1. The molecule has 0 radical (unpaired) electrons. The maximum Gasteiger partial charge on any atom is 0.341 e. The molecule has 0 aliphatic heterocycles. The zero-order valence-electron chi connectivity index (χ0n) is 10.0. The van der Waals surface area contributed by atoms with Crippen LogP contribution in [0, 0.1) is 0 Å². The summed E-state index contributed by atoms with van der Waals surface area (Å²) in [5.41, 5.74) is -0.552. The largest absolute Gasteiger partial charge is 0.410 e. The van der Waals surface area contributed by atoms with Gasteiger partial charge in [-0.1, -0.05) is 12.0 Å². The van der Waals surface area contributed by atoms with Gasteiger partial charge in [-0.2, -0.15) is 4.57 Å². The van der Waals surface area contributed by atoms with E-state index in [0.29, 0.717) is 13.0 Å². The second kappa shape index (κ2) is 4.19. The van der Waals surface area contributed by atoms with E-state index in [1.165, 1.54) is 6.33 Å². The minimum atomic E-state index is -0.546. The van der Waals surface area contributed by atoms with Gasteiger partial charge in [-0.05, 0) is 6.42 Å². The lowest BCUT2D eigenvalue weighted by Gasteiger charge is -2.06. The summed E-state index contributed by atoms with van der Waals surface area (Å²) in [4.78, 5) is 31.2. The van der Waals surface area contributed by atoms with E-state index in [1.807, 2.05) is 6.92 Å². The monoisotopic (exact) mass is 262 g/mol. The molecule has 3 aromatic heterocycles. The molecule has 0 spiro atoms. The number of nitrogens with one attached hydrogen (secondary N) is 1. The summed E-state index contributed by atoms with van der Waals surface area (Å²) in [6.07, 6.45) is 3.10. The molecule has 19 heavy (non-hydrogen) atoms. The third-order valence-corrected chi connectivity index (χ3v) is 2.70. The maximum atomic E-state index is 12.3. The van der Waals surface area contributed by atoms with Crippen LogP contribution in [0.3, 0.4) is 0 Å². The van der Waals surface area contributed by atoms with Crippen LogP contribution in [0.4, 0.5) is 0 Å². The molecule has 0 bridgehead atoms. The molecule has 0 fully saturated rings. The van der Waals surface area contributed by atoms with Gasteiger partial charge >= 0.3 is 11.7 Å². The van der Waals surface area contributed by atoms with Crippen molar-refractivity contribution >= 4 is 11.2 Å². The molecule has 0 unspecified atom stereocenters. The Labute approximate surface area is 105 Å². The fourth-order valence-corrected chi connectivity index (χ4v) is 1.90. The Hall–Kier alpha value is -2.71. The topological polar surface area (TPSA) is 112 Å². The van der Waals surface area contributed by atoms with Crippen LogP contribution in [0.25, 0.3) is 17.2 Å². The number of fused-ring (bicyclic) bond motifs is 1. The highest BCUT2D eigenvalue weighted by Gasteiger charge is 2.18. The average molecular weight is 262 g/mol. The van der Waals surface area contributed by atoms with Crippen LogP contribution < -0.4 is 11.2 Å². The Morgan fingerprint density at radius 1 is 1.42 bits per heavy atom. The van der Waals surface area contributed by atoms with Crippen LogP contribution in [0.2, 0.25) is 0 Å². The summed E-state index contributed by atoms with van der Waals surface area (Å²) < 4.78 is 7.26. The third kappa shape index (κ3) is 1.58. The number of aromatic nitrogens is 6. The van der Waals surface area contributed by atoms with E-state index in [4.69, 9.17) is 4.42 Å². The Bertz CT molecular complexity index is 825. The first-order chi connectivity index (χ1) is 9.24. The van der Waals surface area contributed by atoms with Crippen LogP contribution in [-0.4, -0.2) is 29.3 Å². The molecule has 0 atom stereocenters. The summed E-state index contributed by atoms with van der Waals surface area (Å²) in [7, 11) is 0. The molecule has 3 rings (SSSR count). The normalized spacial score (nSPS) is 11.2.